The van der Waals surface area contributed by atoms with E-state index in [2.05, 4.69) is 39.8 Å². The summed E-state index contributed by atoms with van der Waals surface area (Å²) < 4.78 is 16.4. The Morgan fingerprint density at radius 1 is 1.00 bits per heavy atom. The predicted molar refractivity (Wildman–Crippen MR) is 121 cm³/mol. The van der Waals surface area contributed by atoms with Crippen molar-refractivity contribution in [2.45, 2.75) is 25.9 Å². The molecular formula is C24H34N4O3. The number of benzene rings is 1. The summed E-state index contributed by atoms with van der Waals surface area (Å²) in [4.78, 5) is 7.36. The minimum atomic E-state index is 0.547. The van der Waals surface area contributed by atoms with E-state index in [0.717, 1.165) is 83.7 Å². The molecule has 31 heavy (non-hydrogen) atoms. The van der Waals surface area contributed by atoms with Gasteiger partial charge in [-0.15, -0.1) is 0 Å². The number of nitrogens with zero attached hydrogens (tertiary/aromatic N) is 2. The van der Waals surface area contributed by atoms with Crippen LogP contribution < -0.4 is 10.6 Å². The zero-order valence-electron chi connectivity index (χ0n) is 18.2. The number of nitrogens with one attached hydrogen (secondary N) is 2. The van der Waals surface area contributed by atoms with E-state index in [9.17, 15) is 0 Å². The zero-order chi connectivity index (χ0) is 21.1. The third kappa shape index (κ3) is 7.09. The fourth-order valence-electron chi connectivity index (χ4n) is 3.95. The molecule has 168 valence electrons. The second-order valence-electron chi connectivity index (χ2n) is 8.19. The molecule has 0 radical (unpaired) electrons. The minimum absolute atomic E-state index is 0.547. The van der Waals surface area contributed by atoms with Gasteiger partial charge < -0.3 is 24.5 Å². The molecular weight excluding hydrogens is 392 g/mol. The summed E-state index contributed by atoms with van der Waals surface area (Å²) >= 11 is 0. The van der Waals surface area contributed by atoms with Crippen molar-refractivity contribution in [3.63, 3.8) is 0 Å². The summed E-state index contributed by atoms with van der Waals surface area (Å²) in [5.41, 5.74) is 2.61. The molecule has 2 aliphatic heterocycles. The Morgan fingerprint density at radius 3 is 2.65 bits per heavy atom. The molecule has 1 unspecified atom stereocenters. The van der Waals surface area contributed by atoms with Crippen molar-refractivity contribution in [3.05, 3.63) is 59.5 Å². The van der Waals surface area contributed by atoms with Crippen LogP contribution in [0.3, 0.4) is 0 Å². The molecule has 4 rings (SSSR count). The molecule has 2 N–H and O–H groups in total. The summed E-state index contributed by atoms with van der Waals surface area (Å²) in [5, 5.41) is 6.98. The van der Waals surface area contributed by atoms with E-state index >= 15 is 0 Å². The van der Waals surface area contributed by atoms with Gasteiger partial charge in [0.15, 0.2) is 5.96 Å². The average Bonchev–Trinajstić information content (AvgIpc) is 3.51. The molecule has 2 aromatic rings. The van der Waals surface area contributed by atoms with Gasteiger partial charge in [-0.05, 0) is 29.7 Å². The molecule has 1 aromatic carbocycles. The fourth-order valence-corrected chi connectivity index (χ4v) is 3.95. The van der Waals surface area contributed by atoms with Gasteiger partial charge in [-0.3, -0.25) is 4.90 Å². The van der Waals surface area contributed by atoms with E-state index in [1.807, 2.05) is 12.1 Å². The Kier molecular flexibility index (Phi) is 8.38. The van der Waals surface area contributed by atoms with Crippen molar-refractivity contribution >= 4 is 5.96 Å². The van der Waals surface area contributed by atoms with E-state index in [1.165, 1.54) is 11.1 Å². The first-order chi connectivity index (χ1) is 15.4. The molecule has 0 saturated carbocycles. The second-order valence-corrected chi connectivity index (χ2v) is 8.19. The number of morpholine rings is 1. The third-order valence-corrected chi connectivity index (χ3v) is 5.85. The largest absolute Gasteiger partial charge is 0.469 e. The number of ether oxygens (including phenoxy) is 2. The zero-order valence-corrected chi connectivity index (χ0v) is 18.2. The molecule has 3 heterocycles. The lowest BCUT2D eigenvalue weighted by Gasteiger charge is -2.27. The van der Waals surface area contributed by atoms with E-state index in [1.54, 1.807) is 6.26 Å². The summed E-state index contributed by atoms with van der Waals surface area (Å²) in [6, 6.07) is 12.5. The second kappa shape index (κ2) is 11.9. The quantitative estimate of drug-likeness (QED) is 0.474. The van der Waals surface area contributed by atoms with Gasteiger partial charge >= 0.3 is 0 Å². The van der Waals surface area contributed by atoms with Crippen LogP contribution in [0.2, 0.25) is 0 Å². The summed E-state index contributed by atoms with van der Waals surface area (Å²) in [5.74, 6) is 2.37. The van der Waals surface area contributed by atoms with Gasteiger partial charge in [0, 0.05) is 51.7 Å². The molecule has 2 saturated heterocycles. The standard InChI is InChI=1S/C24H34N4O3/c1-2-5-22(18-28-10-14-29-15-11-28)21(4-1)17-27-24(26-16-20-8-13-30-19-20)25-9-7-23-6-3-12-31-23/h1-6,12,20H,7-11,13-19H2,(H2,25,26,27). The van der Waals surface area contributed by atoms with Crippen LogP contribution in [-0.2, 0) is 29.0 Å². The van der Waals surface area contributed by atoms with Crippen molar-refractivity contribution in [1.82, 2.24) is 15.5 Å². The number of guanidine groups is 1. The molecule has 7 nitrogen and oxygen atoms in total. The van der Waals surface area contributed by atoms with Crippen LogP contribution in [0.25, 0.3) is 0 Å². The van der Waals surface area contributed by atoms with Gasteiger partial charge in [0.25, 0.3) is 0 Å². The van der Waals surface area contributed by atoms with Gasteiger partial charge in [0.2, 0.25) is 0 Å². The number of furan rings is 1. The van der Waals surface area contributed by atoms with E-state index in [4.69, 9.17) is 18.9 Å². The minimum Gasteiger partial charge on any atom is -0.469 e. The molecule has 0 aliphatic carbocycles. The Labute approximate surface area is 184 Å². The van der Waals surface area contributed by atoms with Crippen LogP contribution >= 0.6 is 0 Å². The Bertz CT molecular complexity index is 797. The summed E-state index contributed by atoms with van der Waals surface area (Å²) in [7, 11) is 0. The summed E-state index contributed by atoms with van der Waals surface area (Å²) in [6.45, 7) is 8.55. The highest BCUT2D eigenvalue weighted by Crippen LogP contribution is 2.14. The maximum absolute atomic E-state index is 5.51. The van der Waals surface area contributed by atoms with Crippen LogP contribution in [0.15, 0.2) is 52.1 Å². The monoisotopic (exact) mass is 426 g/mol. The van der Waals surface area contributed by atoms with Gasteiger partial charge in [-0.2, -0.15) is 0 Å². The maximum atomic E-state index is 5.51. The predicted octanol–water partition coefficient (Wildman–Crippen LogP) is 2.43. The number of hydrogen-bond acceptors (Lipinski definition) is 5. The van der Waals surface area contributed by atoms with Crippen molar-refractivity contribution < 1.29 is 13.9 Å². The first-order valence-corrected chi connectivity index (χ1v) is 11.4. The molecule has 2 aliphatic rings. The molecule has 7 heteroatoms. The number of hydrogen-bond donors (Lipinski definition) is 2. The van der Waals surface area contributed by atoms with E-state index in [0.29, 0.717) is 12.5 Å². The smallest absolute Gasteiger partial charge is 0.191 e. The van der Waals surface area contributed by atoms with Crippen LogP contribution in [0.4, 0.5) is 0 Å². The van der Waals surface area contributed by atoms with Gasteiger partial charge in [0.05, 0.1) is 32.6 Å². The fraction of sp³-hybridized carbons (Fsp3) is 0.542. The Balaban J connectivity index is 1.36. The van der Waals surface area contributed by atoms with Crippen LogP contribution in [0.1, 0.15) is 23.3 Å². The van der Waals surface area contributed by atoms with Crippen LogP contribution in [0.5, 0.6) is 0 Å². The lowest BCUT2D eigenvalue weighted by molar-refractivity contribution is 0.0341. The highest BCUT2D eigenvalue weighted by molar-refractivity contribution is 5.79. The Morgan fingerprint density at radius 2 is 1.87 bits per heavy atom. The van der Waals surface area contributed by atoms with Gasteiger partial charge in [-0.1, -0.05) is 24.3 Å². The van der Waals surface area contributed by atoms with E-state index in [-0.39, 0.29) is 0 Å². The Hall–Kier alpha value is -2.35. The molecule has 1 aromatic heterocycles. The average molecular weight is 427 g/mol. The normalized spacial score (nSPS) is 20.1. The van der Waals surface area contributed by atoms with E-state index < -0.39 is 0 Å². The summed E-state index contributed by atoms with van der Waals surface area (Å²) in [6.07, 6.45) is 3.65. The van der Waals surface area contributed by atoms with Crippen LogP contribution in [-0.4, -0.2) is 63.5 Å². The molecule has 0 amide bonds. The van der Waals surface area contributed by atoms with Crippen molar-refractivity contribution in [3.8, 4) is 0 Å². The van der Waals surface area contributed by atoms with Crippen LogP contribution in [0, 0.1) is 5.92 Å². The molecule has 1 atom stereocenters. The van der Waals surface area contributed by atoms with Gasteiger partial charge in [0.1, 0.15) is 5.76 Å². The molecule has 0 bridgehead atoms. The number of aliphatic imine (C=N–C) groups is 1. The SMILES string of the molecule is c1coc(CCNC(=NCc2ccccc2CN2CCOCC2)NCC2CCOC2)c1. The highest BCUT2D eigenvalue weighted by atomic mass is 16.5. The van der Waals surface area contributed by atoms with Crippen molar-refractivity contribution in [2.24, 2.45) is 10.9 Å². The number of rotatable bonds is 9. The first kappa shape index (κ1) is 21.9. The first-order valence-electron chi connectivity index (χ1n) is 11.4. The highest BCUT2D eigenvalue weighted by Gasteiger charge is 2.16. The molecule has 2 fully saturated rings. The van der Waals surface area contributed by atoms with Crippen molar-refractivity contribution in [2.75, 3.05) is 52.6 Å². The lowest BCUT2D eigenvalue weighted by atomic mass is 10.1. The maximum Gasteiger partial charge on any atom is 0.191 e. The third-order valence-electron chi connectivity index (χ3n) is 5.85. The topological polar surface area (TPSA) is 71.3 Å². The molecule has 0 spiro atoms. The van der Waals surface area contributed by atoms with Crippen molar-refractivity contribution in [1.29, 1.82) is 0 Å². The lowest BCUT2D eigenvalue weighted by Crippen LogP contribution is -2.41. The van der Waals surface area contributed by atoms with Gasteiger partial charge in [-0.25, -0.2) is 4.99 Å².